The van der Waals surface area contributed by atoms with E-state index in [4.69, 9.17) is 5.41 Å². The maximum absolute atomic E-state index is 6.65. The summed E-state index contributed by atoms with van der Waals surface area (Å²) in [5, 5.41) is 6.65. The number of nitrogens with zero attached hydrogens (tertiary/aromatic N) is 2. The molecule has 0 heterocycles. The highest BCUT2D eigenvalue weighted by Gasteiger charge is 1.87. The molecule has 3 nitrogen and oxygen atoms in total. The van der Waals surface area contributed by atoms with Crippen LogP contribution < -0.4 is 0 Å². The van der Waals surface area contributed by atoms with E-state index in [-0.39, 0.29) is 6.04 Å². The largest absolute Gasteiger partial charge is 0.307 e. The Morgan fingerprint density at radius 3 is 2.50 bits per heavy atom. The molecule has 0 bridgehead atoms. The van der Waals surface area contributed by atoms with Gasteiger partial charge in [0.2, 0.25) is 0 Å². The van der Waals surface area contributed by atoms with Crippen LogP contribution in [0.4, 0.5) is 0 Å². The van der Waals surface area contributed by atoms with Crippen LogP contribution in [0, 0.1) is 5.41 Å². The molecule has 0 aliphatic heterocycles. The summed E-state index contributed by atoms with van der Waals surface area (Å²) < 4.78 is 0. The molecule has 0 amide bonds. The van der Waals surface area contributed by atoms with Gasteiger partial charge in [-0.05, 0) is 20.8 Å². The van der Waals surface area contributed by atoms with Crippen molar-refractivity contribution in [2.24, 2.45) is 9.98 Å². The normalized spacial score (nSPS) is 13.0. The van der Waals surface area contributed by atoms with Crippen LogP contribution in [0.25, 0.3) is 0 Å². The molecule has 0 aromatic heterocycles. The molecule has 0 unspecified atom stereocenters. The molecule has 0 fully saturated rings. The van der Waals surface area contributed by atoms with Gasteiger partial charge in [0.25, 0.3) is 0 Å². The maximum atomic E-state index is 6.65. The van der Waals surface area contributed by atoms with Crippen LogP contribution in [-0.2, 0) is 0 Å². The molecule has 0 spiro atoms. The SMILES string of the molecule is CC(N=CC=N)=NC(C)C. The Morgan fingerprint density at radius 2 is 2.10 bits per heavy atom. The quantitative estimate of drug-likeness (QED) is 0.445. The Kier molecular flexibility index (Phi) is 4.37. The van der Waals surface area contributed by atoms with Gasteiger partial charge in [-0.15, -0.1) is 0 Å². The van der Waals surface area contributed by atoms with E-state index in [0.717, 1.165) is 12.1 Å². The molecule has 3 heteroatoms. The molecule has 0 aromatic carbocycles. The molecular formula is C7H13N3. The zero-order valence-corrected chi connectivity index (χ0v) is 6.63. The number of hydrogen-bond donors (Lipinski definition) is 1. The van der Waals surface area contributed by atoms with Crippen LogP contribution in [0.2, 0.25) is 0 Å². The van der Waals surface area contributed by atoms with E-state index in [1.807, 2.05) is 20.8 Å². The molecule has 0 rings (SSSR count). The third kappa shape index (κ3) is 5.15. The lowest BCUT2D eigenvalue weighted by molar-refractivity contribution is 0.833. The lowest BCUT2D eigenvalue weighted by atomic mass is 10.4. The van der Waals surface area contributed by atoms with Crippen molar-refractivity contribution < 1.29 is 0 Å². The third-order valence-electron chi connectivity index (χ3n) is 0.781. The molecule has 0 aliphatic carbocycles. The van der Waals surface area contributed by atoms with Crippen LogP contribution in [0.3, 0.4) is 0 Å². The number of hydrogen-bond acceptors (Lipinski definition) is 2. The fraction of sp³-hybridized carbons (Fsp3) is 0.571. The van der Waals surface area contributed by atoms with E-state index < -0.39 is 0 Å². The first-order valence-corrected chi connectivity index (χ1v) is 3.24. The second-order valence-electron chi connectivity index (χ2n) is 2.21. The summed E-state index contributed by atoms with van der Waals surface area (Å²) in [4.78, 5) is 8.00. The first kappa shape index (κ1) is 9.01. The third-order valence-corrected chi connectivity index (χ3v) is 0.781. The van der Waals surface area contributed by atoms with Gasteiger partial charge in [-0.2, -0.15) is 0 Å². The zero-order valence-electron chi connectivity index (χ0n) is 6.63. The summed E-state index contributed by atoms with van der Waals surface area (Å²) >= 11 is 0. The van der Waals surface area contributed by atoms with Gasteiger partial charge in [-0.25, -0.2) is 4.99 Å². The van der Waals surface area contributed by atoms with Gasteiger partial charge in [0.15, 0.2) is 0 Å². The summed E-state index contributed by atoms with van der Waals surface area (Å²) in [5.74, 6) is 0.721. The molecule has 10 heavy (non-hydrogen) atoms. The molecule has 56 valence electrons. The topological polar surface area (TPSA) is 48.6 Å². The van der Waals surface area contributed by atoms with Crippen LogP contribution in [0.15, 0.2) is 9.98 Å². The lowest BCUT2D eigenvalue weighted by Crippen LogP contribution is -1.95. The second-order valence-corrected chi connectivity index (χ2v) is 2.21. The maximum Gasteiger partial charge on any atom is 0.120 e. The predicted molar refractivity (Wildman–Crippen MR) is 45.5 cm³/mol. The Hall–Kier alpha value is -0.990. The summed E-state index contributed by atoms with van der Waals surface area (Å²) in [6.07, 6.45) is 2.56. The van der Waals surface area contributed by atoms with Crippen molar-refractivity contribution in [1.82, 2.24) is 0 Å². The average molecular weight is 139 g/mol. The van der Waals surface area contributed by atoms with Crippen molar-refractivity contribution in [3.05, 3.63) is 0 Å². The molecule has 0 saturated heterocycles. The zero-order chi connectivity index (χ0) is 7.98. The Morgan fingerprint density at radius 1 is 1.50 bits per heavy atom. The minimum Gasteiger partial charge on any atom is -0.307 e. The summed E-state index contributed by atoms with van der Waals surface area (Å²) in [6.45, 7) is 5.80. The number of amidine groups is 1. The molecule has 0 saturated carbocycles. The fourth-order valence-corrected chi connectivity index (χ4v) is 0.552. The van der Waals surface area contributed by atoms with Gasteiger partial charge in [0.05, 0.1) is 0 Å². The highest BCUT2D eigenvalue weighted by atomic mass is 14.9. The molecular weight excluding hydrogens is 126 g/mol. The fourth-order valence-electron chi connectivity index (χ4n) is 0.552. The van der Waals surface area contributed by atoms with Gasteiger partial charge < -0.3 is 5.41 Å². The highest BCUT2D eigenvalue weighted by Crippen LogP contribution is 1.87. The highest BCUT2D eigenvalue weighted by molar-refractivity contribution is 6.17. The molecule has 0 aliphatic rings. The van der Waals surface area contributed by atoms with Crippen molar-refractivity contribution in [2.75, 3.05) is 0 Å². The van der Waals surface area contributed by atoms with E-state index >= 15 is 0 Å². The van der Waals surface area contributed by atoms with Crippen LogP contribution in [0.5, 0.6) is 0 Å². The van der Waals surface area contributed by atoms with Crippen LogP contribution in [-0.4, -0.2) is 24.3 Å². The Balaban J connectivity index is 3.93. The lowest BCUT2D eigenvalue weighted by Gasteiger charge is -1.95. The molecule has 1 N–H and O–H groups in total. The summed E-state index contributed by atoms with van der Waals surface area (Å²) in [7, 11) is 0. The van der Waals surface area contributed by atoms with Crippen molar-refractivity contribution in [2.45, 2.75) is 26.8 Å². The minimum atomic E-state index is 0.280. The molecule has 0 aromatic rings. The van der Waals surface area contributed by atoms with Gasteiger partial charge in [-0.3, -0.25) is 4.99 Å². The van der Waals surface area contributed by atoms with Crippen LogP contribution >= 0.6 is 0 Å². The standard InChI is InChI=1S/C7H13N3/c1-6(2)10-7(3)9-5-4-8/h4-6,8H,1-3H3. The van der Waals surface area contributed by atoms with Crippen molar-refractivity contribution in [3.8, 4) is 0 Å². The van der Waals surface area contributed by atoms with E-state index in [1.165, 1.54) is 6.21 Å². The van der Waals surface area contributed by atoms with Crippen molar-refractivity contribution in [1.29, 1.82) is 5.41 Å². The monoisotopic (exact) mass is 139 g/mol. The van der Waals surface area contributed by atoms with E-state index in [0.29, 0.717) is 0 Å². The molecule has 0 radical (unpaired) electrons. The second kappa shape index (κ2) is 4.85. The predicted octanol–water partition coefficient (Wildman–Crippen LogP) is 1.53. The van der Waals surface area contributed by atoms with Gasteiger partial charge >= 0.3 is 0 Å². The number of aliphatic imine (C=N–C) groups is 2. The van der Waals surface area contributed by atoms with E-state index in [9.17, 15) is 0 Å². The van der Waals surface area contributed by atoms with E-state index in [2.05, 4.69) is 9.98 Å². The van der Waals surface area contributed by atoms with Gasteiger partial charge in [-0.1, -0.05) is 0 Å². The number of rotatable bonds is 2. The Bertz CT molecular complexity index is 156. The first-order chi connectivity index (χ1) is 4.66. The number of nitrogens with one attached hydrogen (secondary N) is 1. The van der Waals surface area contributed by atoms with Crippen molar-refractivity contribution in [3.63, 3.8) is 0 Å². The minimum absolute atomic E-state index is 0.280. The average Bonchev–Trinajstić information content (AvgIpc) is 1.82. The van der Waals surface area contributed by atoms with Gasteiger partial charge in [0.1, 0.15) is 5.84 Å². The summed E-state index contributed by atoms with van der Waals surface area (Å²) in [5.41, 5.74) is 0. The van der Waals surface area contributed by atoms with Gasteiger partial charge in [0, 0.05) is 18.5 Å². The first-order valence-electron chi connectivity index (χ1n) is 3.24. The Labute approximate surface area is 61.4 Å². The smallest absolute Gasteiger partial charge is 0.120 e. The van der Waals surface area contributed by atoms with Crippen LogP contribution in [0.1, 0.15) is 20.8 Å². The summed E-state index contributed by atoms with van der Waals surface area (Å²) in [6, 6.07) is 0.280. The van der Waals surface area contributed by atoms with Crippen molar-refractivity contribution >= 4 is 18.3 Å². The molecule has 0 atom stereocenters. The van der Waals surface area contributed by atoms with E-state index in [1.54, 1.807) is 0 Å².